The summed E-state index contributed by atoms with van der Waals surface area (Å²) >= 11 is 3.64. The second-order valence-corrected chi connectivity index (χ2v) is 6.87. The third-order valence-corrected chi connectivity index (χ3v) is 4.98. The number of benzene rings is 1. The first-order valence-corrected chi connectivity index (χ1v) is 8.48. The van der Waals surface area contributed by atoms with Crippen molar-refractivity contribution in [3.05, 3.63) is 56.8 Å². The lowest BCUT2D eigenvalue weighted by molar-refractivity contribution is 0.350. The number of rotatable bonds is 4. The van der Waals surface area contributed by atoms with E-state index in [1.165, 1.54) is 21.6 Å². The van der Waals surface area contributed by atoms with Gasteiger partial charge in [0.25, 0.3) is 0 Å². The molecule has 0 aliphatic heterocycles. The zero-order chi connectivity index (χ0) is 14.4. The van der Waals surface area contributed by atoms with Gasteiger partial charge < -0.3 is 5.11 Å². The highest BCUT2D eigenvalue weighted by Gasteiger charge is 2.00. The summed E-state index contributed by atoms with van der Waals surface area (Å²) in [5.41, 5.74) is 4.06. The van der Waals surface area contributed by atoms with Crippen LogP contribution < -0.4 is 0 Å². The summed E-state index contributed by atoms with van der Waals surface area (Å²) in [6.45, 7) is 4.22. The number of hydrogen-bond donors (Lipinski definition) is 1. The molecule has 2 aromatic rings. The van der Waals surface area contributed by atoms with Gasteiger partial charge in [0.2, 0.25) is 0 Å². The van der Waals surface area contributed by atoms with E-state index in [9.17, 15) is 0 Å². The number of aliphatic hydroxyl groups is 1. The van der Waals surface area contributed by atoms with Crippen molar-refractivity contribution in [3.63, 3.8) is 0 Å². The molecule has 0 aliphatic carbocycles. The van der Waals surface area contributed by atoms with Gasteiger partial charge in [-0.15, -0.1) is 11.3 Å². The van der Waals surface area contributed by atoms with Crippen molar-refractivity contribution in [2.45, 2.75) is 25.4 Å². The van der Waals surface area contributed by atoms with Crippen LogP contribution >= 0.6 is 23.1 Å². The molecule has 0 atom stereocenters. The second-order valence-electron chi connectivity index (χ2n) is 4.71. The molecule has 0 saturated carbocycles. The van der Waals surface area contributed by atoms with Crippen LogP contribution in [0.2, 0.25) is 0 Å². The predicted molar refractivity (Wildman–Crippen MR) is 89.2 cm³/mol. The predicted octanol–water partition coefficient (Wildman–Crippen LogP) is 4.14. The molecule has 1 aromatic carbocycles. The fourth-order valence-corrected chi connectivity index (χ4v) is 4.04. The van der Waals surface area contributed by atoms with Crippen molar-refractivity contribution in [2.24, 2.45) is 0 Å². The molecule has 20 heavy (non-hydrogen) atoms. The first-order chi connectivity index (χ1) is 9.67. The Hall–Kier alpha value is -1.21. The van der Waals surface area contributed by atoms with E-state index in [0.717, 1.165) is 16.4 Å². The lowest BCUT2D eigenvalue weighted by atomic mass is 10.1. The highest BCUT2D eigenvalue weighted by Crippen LogP contribution is 2.24. The van der Waals surface area contributed by atoms with Gasteiger partial charge in [0, 0.05) is 16.4 Å². The van der Waals surface area contributed by atoms with Gasteiger partial charge in [0.15, 0.2) is 0 Å². The van der Waals surface area contributed by atoms with Crippen LogP contribution in [0.4, 0.5) is 0 Å². The summed E-state index contributed by atoms with van der Waals surface area (Å²) in [5, 5.41) is 8.67. The van der Waals surface area contributed by atoms with Gasteiger partial charge in [-0.25, -0.2) is 0 Å². The molecular weight excluding hydrogens is 284 g/mol. The normalized spacial score (nSPS) is 10.2. The van der Waals surface area contributed by atoms with E-state index in [-0.39, 0.29) is 6.61 Å². The third-order valence-electron chi connectivity index (χ3n) is 2.75. The third kappa shape index (κ3) is 4.72. The Balaban J connectivity index is 1.88. The van der Waals surface area contributed by atoms with Crippen molar-refractivity contribution in [2.75, 3.05) is 6.61 Å². The van der Waals surface area contributed by atoms with Gasteiger partial charge in [-0.3, -0.25) is 0 Å². The van der Waals surface area contributed by atoms with Gasteiger partial charge in [-0.05, 0) is 31.5 Å². The van der Waals surface area contributed by atoms with E-state index >= 15 is 0 Å². The van der Waals surface area contributed by atoms with E-state index in [2.05, 4.69) is 50.0 Å². The highest BCUT2D eigenvalue weighted by molar-refractivity contribution is 7.97. The average Bonchev–Trinajstić information content (AvgIpc) is 2.83. The minimum absolute atomic E-state index is 0.0747. The van der Waals surface area contributed by atoms with Gasteiger partial charge in [0.1, 0.15) is 6.61 Å². The molecule has 0 saturated heterocycles. The van der Waals surface area contributed by atoms with Crippen LogP contribution in [-0.2, 0) is 11.5 Å². The average molecular weight is 302 g/mol. The number of aryl methyl sites for hydroxylation is 2. The van der Waals surface area contributed by atoms with Gasteiger partial charge in [-0.1, -0.05) is 41.2 Å². The van der Waals surface area contributed by atoms with Crippen molar-refractivity contribution in [1.29, 1.82) is 0 Å². The Kier molecular flexibility index (Phi) is 5.72. The minimum atomic E-state index is -0.0747. The molecule has 0 aliphatic rings. The highest BCUT2D eigenvalue weighted by atomic mass is 32.2. The maximum atomic E-state index is 8.67. The first kappa shape index (κ1) is 15.2. The maximum absolute atomic E-state index is 8.67. The minimum Gasteiger partial charge on any atom is -0.384 e. The number of aliphatic hydroxyl groups excluding tert-OH is 1. The topological polar surface area (TPSA) is 20.2 Å². The van der Waals surface area contributed by atoms with Crippen LogP contribution in [0.15, 0.2) is 30.3 Å². The smallest absolute Gasteiger partial charge is 0.104 e. The Labute approximate surface area is 129 Å². The quantitative estimate of drug-likeness (QED) is 0.857. The van der Waals surface area contributed by atoms with E-state index < -0.39 is 0 Å². The van der Waals surface area contributed by atoms with Crippen molar-refractivity contribution in [3.8, 4) is 11.8 Å². The summed E-state index contributed by atoms with van der Waals surface area (Å²) in [6.07, 6.45) is 0. The van der Waals surface area contributed by atoms with Gasteiger partial charge in [0.05, 0.1) is 4.88 Å². The molecule has 0 fully saturated rings. The Morgan fingerprint density at radius 3 is 2.55 bits per heavy atom. The molecule has 1 nitrogen and oxygen atoms in total. The summed E-state index contributed by atoms with van der Waals surface area (Å²) < 4.78 is 0. The molecule has 104 valence electrons. The Bertz CT molecular complexity index is 612. The molecule has 1 heterocycles. The van der Waals surface area contributed by atoms with Crippen molar-refractivity contribution >= 4 is 23.1 Å². The van der Waals surface area contributed by atoms with E-state index in [1.807, 2.05) is 17.8 Å². The molecule has 0 bridgehead atoms. The molecule has 0 amide bonds. The van der Waals surface area contributed by atoms with Crippen molar-refractivity contribution < 1.29 is 5.11 Å². The van der Waals surface area contributed by atoms with E-state index in [0.29, 0.717) is 0 Å². The fraction of sp³-hybridized carbons (Fsp3) is 0.294. The summed E-state index contributed by atoms with van der Waals surface area (Å²) in [6, 6.07) is 10.9. The van der Waals surface area contributed by atoms with Crippen LogP contribution in [0.3, 0.4) is 0 Å². The van der Waals surface area contributed by atoms with Crippen LogP contribution in [0, 0.1) is 25.7 Å². The molecule has 0 unspecified atom stereocenters. The van der Waals surface area contributed by atoms with Crippen molar-refractivity contribution in [1.82, 2.24) is 0 Å². The monoisotopic (exact) mass is 302 g/mol. The maximum Gasteiger partial charge on any atom is 0.104 e. The fourth-order valence-electron chi connectivity index (χ4n) is 2.07. The number of thioether (sulfide) groups is 1. The molecule has 3 heteroatoms. The van der Waals surface area contributed by atoms with Gasteiger partial charge >= 0.3 is 0 Å². The Morgan fingerprint density at radius 1 is 1.10 bits per heavy atom. The first-order valence-electron chi connectivity index (χ1n) is 6.51. The summed E-state index contributed by atoms with van der Waals surface area (Å²) in [4.78, 5) is 2.36. The standard InChI is InChI=1S/C17H18OS2/c1-13-8-14(2)10-15(9-13)11-19-12-17-6-5-16(20-17)4-3-7-18/h5-6,8-10,18H,7,11-12H2,1-2H3. The molecule has 0 radical (unpaired) electrons. The summed E-state index contributed by atoms with van der Waals surface area (Å²) in [5.74, 6) is 7.68. The SMILES string of the molecule is Cc1cc(C)cc(CSCc2ccc(C#CCO)s2)c1. The molecule has 2 rings (SSSR count). The van der Waals surface area contributed by atoms with Gasteiger partial charge in [-0.2, -0.15) is 11.8 Å². The number of hydrogen-bond acceptors (Lipinski definition) is 3. The largest absolute Gasteiger partial charge is 0.384 e. The lowest BCUT2D eigenvalue weighted by Gasteiger charge is -2.04. The number of thiophene rings is 1. The molecule has 1 aromatic heterocycles. The van der Waals surface area contributed by atoms with Crippen LogP contribution in [0.1, 0.15) is 26.4 Å². The molecule has 1 N–H and O–H groups in total. The zero-order valence-corrected chi connectivity index (χ0v) is 13.4. The van der Waals surface area contributed by atoms with E-state index in [4.69, 9.17) is 5.11 Å². The van der Waals surface area contributed by atoms with Crippen LogP contribution in [-0.4, -0.2) is 11.7 Å². The second kappa shape index (κ2) is 7.54. The molecule has 0 spiro atoms. The van der Waals surface area contributed by atoms with Crippen LogP contribution in [0.25, 0.3) is 0 Å². The zero-order valence-electron chi connectivity index (χ0n) is 11.8. The Morgan fingerprint density at radius 2 is 1.85 bits per heavy atom. The van der Waals surface area contributed by atoms with E-state index in [1.54, 1.807) is 11.3 Å². The lowest BCUT2D eigenvalue weighted by Crippen LogP contribution is -1.85. The summed E-state index contributed by atoms with van der Waals surface area (Å²) in [7, 11) is 0. The van der Waals surface area contributed by atoms with Crippen LogP contribution in [0.5, 0.6) is 0 Å². The molecular formula is C17H18OS2.